The molecule has 1 aliphatic carbocycles. The van der Waals surface area contributed by atoms with E-state index in [1.807, 2.05) is 0 Å². The van der Waals surface area contributed by atoms with E-state index >= 15 is 0 Å². The van der Waals surface area contributed by atoms with Gasteiger partial charge in [-0.15, -0.1) is 0 Å². The van der Waals surface area contributed by atoms with Gasteiger partial charge in [0.1, 0.15) is 6.10 Å². The highest BCUT2D eigenvalue weighted by atomic mass is 16.5. The van der Waals surface area contributed by atoms with Gasteiger partial charge < -0.3 is 15.2 Å². The first-order chi connectivity index (χ1) is 9.61. The van der Waals surface area contributed by atoms with E-state index in [2.05, 4.69) is 10.2 Å². The molecule has 1 unspecified atom stereocenters. The molecule has 1 saturated carbocycles. The fraction of sp³-hybridized carbons (Fsp3) is 0.933. The largest absolute Gasteiger partial charge is 0.384 e. The Balaban J connectivity index is 1.91. The van der Waals surface area contributed by atoms with Gasteiger partial charge in [-0.3, -0.25) is 9.69 Å². The Kier molecular flexibility index (Phi) is 5.81. The lowest BCUT2D eigenvalue weighted by Crippen LogP contribution is -2.50. The van der Waals surface area contributed by atoms with Crippen molar-refractivity contribution >= 4 is 5.91 Å². The summed E-state index contributed by atoms with van der Waals surface area (Å²) in [5.74, 6) is -0.253. The summed E-state index contributed by atoms with van der Waals surface area (Å²) in [6.07, 6.45) is 5.22. The predicted octanol–water partition coefficient (Wildman–Crippen LogP) is 0.766. The minimum Gasteiger partial charge on any atom is -0.384 e. The van der Waals surface area contributed by atoms with Gasteiger partial charge in [-0.2, -0.15) is 0 Å². The molecule has 0 aromatic carbocycles. The molecule has 1 atom stereocenters. The van der Waals surface area contributed by atoms with E-state index in [0.717, 1.165) is 32.8 Å². The van der Waals surface area contributed by atoms with Crippen LogP contribution in [-0.4, -0.2) is 61.4 Å². The van der Waals surface area contributed by atoms with Crippen molar-refractivity contribution in [2.45, 2.75) is 45.1 Å². The van der Waals surface area contributed by atoms with Crippen LogP contribution in [0, 0.1) is 5.41 Å². The highest BCUT2D eigenvalue weighted by Crippen LogP contribution is 2.36. The van der Waals surface area contributed by atoms with Crippen molar-refractivity contribution in [3.8, 4) is 0 Å². The average Bonchev–Trinajstić information content (AvgIpc) is 2.47. The van der Waals surface area contributed by atoms with E-state index < -0.39 is 6.10 Å². The maximum Gasteiger partial charge on any atom is 0.248 e. The molecular formula is C15H28N2O3. The summed E-state index contributed by atoms with van der Waals surface area (Å²) >= 11 is 0. The molecule has 0 aromatic heterocycles. The molecule has 20 heavy (non-hydrogen) atoms. The molecule has 1 heterocycles. The van der Waals surface area contributed by atoms with E-state index in [0.29, 0.717) is 6.54 Å². The van der Waals surface area contributed by atoms with Gasteiger partial charge in [-0.05, 0) is 19.8 Å². The molecule has 0 spiro atoms. The maximum absolute atomic E-state index is 11.6. The quantitative estimate of drug-likeness (QED) is 0.783. The van der Waals surface area contributed by atoms with Gasteiger partial charge in [0, 0.05) is 31.6 Å². The van der Waals surface area contributed by atoms with Gasteiger partial charge in [-0.1, -0.05) is 19.3 Å². The van der Waals surface area contributed by atoms with Crippen LogP contribution in [0.3, 0.4) is 0 Å². The van der Waals surface area contributed by atoms with Crippen LogP contribution in [0.4, 0.5) is 0 Å². The molecular weight excluding hydrogens is 256 g/mol. The highest BCUT2D eigenvalue weighted by Gasteiger charge is 2.34. The predicted molar refractivity (Wildman–Crippen MR) is 77.5 cm³/mol. The van der Waals surface area contributed by atoms with Crippen molar-refractivity contribution in [1.82, 2.24) is 10.2 Å². The standard InChI is InChI=1S/C15H28N2O3/c1-13(18)14(19)16-11-15(5-3-2-4-6-15)12-17-7-9-20-10-8-17/h13,18H,2-12H2,1H3,(H,16,19). The molecule has 0 radical (unpaired) electrons. The van der Waals surface area contributed by atoms with E-state index in [1.165, 1.54) is 39.0 Å². The number of hydrogen-bond donors (Lipinski definition) is 2. The zero-order chi connectivity index (χ0) is 14.4. The zero-order valence-corrected chi connectivity index (χ0v) is 12.6. The number of aliphatic hydroxyl groups is 1. The third kappa shape index (κ3) is 4.43. The number of rotatable bonds is 5. The first kappa shape index (κ1) is 15.7. The molecule has 2 aliphatic rings. The monoisotopic (exact) mass is 284 g/mol. The Morgan fingerprint density at radius 1 is 1.30 bits per heavy atom. The van der Waals surface area contributed by atoms with Crippen LogP contribution in [-0.2, 0) is 9.53 Å². The summed E-state index contributed by atoms with van der Waals surface area (Å²) in [6, 6.07) is 0. The normalized spacial score (nSPS) is 25.1. The van der Waals surface area contributed by atoms with Gasteiger partial charge in [0.25, 0.3) is 0 Å². The number of hydrogen-bond acceptors (Lipinski definition) is 4. The van der Waals surface area contributed by atoms with Crippen molar-refractivity contribution in [3.63, 3.8) is 0 Å². The van der Waals surface area contributed by atoms with Crippen LogP contribution in [0.15, 0.2) is 0 Å². The summed E-state index contributed by atoms with van der Waals surface area (Å²) < 4.78 is 5.41. The third-order valence-electron chi connectivity index (χ3n) is 4.59. The number of amides is 1. The Hall–Kier alpha value is -0.650. The zero-order valence-electron chi connectivity index (χ0n) is 12.6. The minimum atomic E-state index is -0.918. The third-order valence-corrected chi connectivity index (χ3v) is 4.59. The van der Waals surface area contributed by atoms with Gasteiger partial charge in [0.15, 0.2) is 0 Å². The Morgan fingerprint density at radius 2 is 1.95 bits per heavy atom. The van der Waals surface area contributed by atoms with E-state index in [9.17, 15) is 9.90 Å². The molecule has 1 aliphatic heterocycles. The Labute approximate surface area is 121 Å². The van der Waals surface area contributed by atoms with Crippen LogP contribution in [0.5, 0.6) is 0 Å². The van der Waals surface area contributed by atoms with Crippen LogP contribution in [0.25, 0.3) is 0 Å². The fourth-order valence-electron chi connectivity index (χ4n) is 3.35. The van der Waals surface area contributed by atoms with E-state index in [1.54, 1.807) is 0 Å². The second kappa shape index (κ2) is 7.38. The number of nitrogens with zero attached hydrogens (tertiary/aromatic N) is 1. The van der Waals surface area contributed by atoms with Crippen molar-refractivity contribution < 1.29 is 14.6 Å². The van der Waals surface area contributed by atoms with E-state index in [4.69, 9.17) is 4.74 Å². The molecule has 5 nitrogen and oxygen atoms in total. The summed E-state index contributed by atoms with van der Waals surface area (Å²) in [6.45, 7) is 6.86. The second-order valence-electron chi connectivity index (χ2n) is 6.34. The number of aliphatic hydroxyl groups excluding tert-OH is 1. The number of carbonyl (C=O) groups excluding carboxylic acids is 1. The summed E-state index contributed by atoms with van der Waals surface area (Å²) in [4.78, 5) is 14.1. The molecule has 2 rings (SSSR count). The first-order valence-electron chi connectivity index (χ1n) is 7.87. The van der Waals surface area contributed by atoms with Crippen molar-refractivity contribution in [3.05, 3.63) is 0 Å². The summed E-state index contributed by atoms with van der Waals surface area (Å²) in [5, 5.41) is 12.3. The minimum absolute atomic E-state index is 0.181. The number of ether oxygens (including phenoxy) is 1. The van der Waals surface area contributed by atoms with Crippen molar-refractivity contribution in [2.24, 2.45) is 5.41 Å². The smallest absolute Gasteiger partial charge is 0.248 e. The van der Waals surface area contributed by atoms with Crippen LogP contribution < -0.4 is 5.32 Å². The maximum atomic E-state index is 11.6. The average molecular weight is 284 g/mol. The van der Waals surface area contributed by atoms with E-state index in [-0.39, 0.29) is 11.3 Å². The molecule has 1 amide bonds. The van der Waals surface area contributed by atoms with Crippen molar-refractivity contribution in [2.75, 3.05) is 39.4 Å². The molecule has 2 N–H and O–H groups in total. The molecule has 116 valence electrons. The molecule has 0 bridgehead atoms. The lowest BCUT2D eigenvalue weighted by atomic mass is 9.73. The molecule has 5 heteroatoms. The molecule has 1 saturated heterocycles. The fourth-order valence-corrected chi connectivity index (χ4v) is 3.35. The van der Waals surface area contributed by atoms with Gasteiger partial charge in [0.2, 0.25) is 5.91 Å². The highest BCUT2D eigenvalue weighted by molar-refractivity contribution is 5.79. The molecule has 0 aromatic rings. The van der Waals surface area contributed by atoms with Crippen LogP contribution in [0.2, 0.25) is 0 Å². The van der Waals surface area contributed by atoms with Gasteiger partial charge in [-0.25, -0.2) is 0 Å². The van der Waals surface area contributed by atoms with Crippen LogP contribution >= 0.6 is 0 Å². The Morgan fingerprint density at radius 3 is 2.55 bits per heavy atom. The summed E-state index contributed by atoms with van der Waals surface area (Å²) in [7, 11) is 0. The second-order valence-corrected chi connectivity index (χ2v) is 6.34. The molecule has 2 fully saturated rings. The lowest BCUT2D eigenvalue weighted by molar-refractivity contribution is -0.129. The SMILES string of the molecule is CC(O)C(=O)NCC1(CN2CCOCC2)CCCCC1. The number of carbonyl (C=O) groups is 1. The lowest BCUT2D eigenvalue weighted by Gasteiger charge is -2.42. The summed E-state index contributed by atoms with van der Waals surface area (Å²) in [5.41, 5.74) is 0.181. The van der Waals surface area contributed by atoms with Gasteiger partial charge >= 0.3 is 0 Å². The van der Waals surface area contributed by atoms with Gasteiger partial charge in [0.05, 0.1) is 13.2 Å². The van der Waals surface area contributed by atoms with Crippen LogP contribution in [0.1, 0.15) is 39.0 Å². The first-order valence-corrected chi connectivity index (χ1v) is 7.87. The Bertz CT molecular complexity index is 308. The topological polar surface area (TPSA) is 61.8 Å². The van der Waals surface area contributed by atoms with Crippen molar-refractivity contribution in [1.29, 1.82) is 0 Å². The number of morpholine rings is 1. The number of nitrogens with one attached hydrogen (secondary N) is 1.